The van der Waals surface area contributed by atoms with E-state index in [1.807, 2.05) is 24.3 Å². The number of benzene rings is 1. The molecule has 1 amide bonds. The zero-order chi connectivity index (χ0) is 10.6. The van der Waals surface area contributed by atoms with E-state index in [9.17, 15) is 4.79 Å². The third-order valence-electron chi connectivity index (χ3n) is 2.14. The molecule has 0 bridgehead atoms. The van der Waals surface area contributed by atoms with Crippen molar-refractivity contribution in [2.45, 2.75) is 12.8 Å². The SMILES string of the molecule is COc1ccccc1C(C)C(=O)NN. The Bertz CT molecular complexity index is 326. The fourth-order valence-electron chi connectivity index (χ4n) is 1.29. The van der Waals surface area contributed by atoms with Crippen LogP contribution in [0, 0.1) is 0 Å². The summed E-state index contributed by atoms with van der Waals surface area (Å²) in [6.07, 6.45) is 0. The largest absolute Gasteiger partial charge is 0.496 e. The molecule has 4 nitrogen and oxygen atoms in total. The first kappa shape index (κ1) is 10.5. The van der Waals surface area contributed by atoms with Gasteiger partial charge in [0.2, 0.25) is 5.91 Å². The number of nitrogens with one attached hydrogen (secondary N) is 1. The fraction of sp³-hybridized carbons (Fsp3) is 0.300. The van der Waals surface area contributed by atoms with Gasteiger partial charge in [-0.3, -0.25) is 10.2 Å². The maximum Gasteiger partial charge on any atom is 0.241 e. The fourth-order valence-corrected chi connectivity index (χ4v) is 1.29. The van der Waals surface area contributed by atoms with Gasteiger partial charge in [0.1, 0.15) is 5.75 Å². The number of nitrogens with two attached hydrogens (primary N) is 1. The highest BCUT2D eigenvalue weighted by Crippen LogP contribution is 2.25. The van der Waals surface area contributed by atoms with Crippen LogP contribution in [0.1, 0.15) is 18.4 Å². The van der Waals surface area contributed by atoms with Gasteiger partial charge in [-0.1, -0.05) is 18.2 Å². The van der Waals surface area contributed by atoms with Crippen LogP contribution in [0.15, 0.2) is 24.3 Å². The van der Waals surface area contributed by atoms with Crippen molar-refractivity contribution >= 4 is 5.91 Å². The van der Waals surface area contributed by atoms with Gasteiger partial charge in [-0.15, -0.1) is 0 Å². The molecule has 0 saturated heterocycles. The number of hydrazine groups is 1. The number of ether oxygens (including phenoxy) is 1. The van der Waals surface area contributed by atoms with Gasteiger partial charge in [0.25, 0.3) is 0 Å². The van der Waals surface area contributed by atoms with Crippen LogP contribution in [0.25, 0.3) is 0 Å². The Morgan fingerprint density at radius 3 is 2.71 bits per heavy atom. The van der Waals surface area contributed by atoms with Crippen LogP contribution >= 0.6 is 0 Å². The van der Waals surface area contributed by atoms with Crippen LogP contribution in [0.4, 0.5) is 0 Å². The molecule has 0 spiro atoms. The van der Waals surface area contributed by atoms with E-state index in [-0.39, 0.29) is 11.8 Å². The molecule has 0 aromatic heterocycles. The van der Waals surface area contributed by atoms with E-state index in [2.05, 4.69) is 5.43 Å². The Morgan fingerprint density at radius 2 is 2.14 bits per heavy atom. The number of amides is 1. The second-order valence-electron chi connectivity index (χ2n) is 2.97. The lowest BCUT2D eigenvalue weighted by atomic mass is 10.00. The molecule has 1 rings (SSSR count). The average Bonchev–Trinajstić information content (AvgIpc) is 2.26. The first-order valence-electron chi connectivity index (χ1n) is 4.34. The molecule has 0 aliphatic heterocycles. The number of carbonyl (C=O) groups is 1. The van der Waals surface area contributed by atoms with Gasteiger partial charge < -0.3 is 4.74 Å². The first-order chi connectivity index (χ1) is 6.70. The van der Waals surface area contributed by atoms with E-state index < -0.39 is 0 Å². The van der Waals surface area contributed by atoms with Crippen LogP contribution in [-0.2, 0) is 4.79 Å². The van der Waals surface area contributed by atoms with E-state index in [1.165, 1.54) is 0 Å². The summed E-state index contributed by atoms with van der Waals surface area (Å²) in [7, 11) is 1.58. The summed E-state index contributed by atoms with van der Waals surface area (Å²) in [5.41, 5.74) is 2.95. The highest BCUT2D eigenvalue weighted by atomic mass is 16.5. The third kappa shape index (κ3) is 2.03. The summed E-state index contributed by atoms with van der Waals surface area (Å²) in [6.45, 7) is 1.78. The topological polar surface area (TPSA) is 64.3 Å². The molecule has 1 atom stereocenters. The van der Waals surface area contributed by atoms with E-state index in [0.29, 0.717) is 5.75 Å². The Labute approximate surface area is 83.0 Å². The zero-order valence-electron chi connectivity index (χ0n) is 8.28. The monoisotopic (exact) mass is 194 g/mol. The Balaban J connectivity index is 2.99. The number of hydrogen-bond donors (Lipinski definition) is 2. The lowest BCUT2D eigenvalue weighted by Crippen LogP contribution is -2.33. The van der Waals surface area contributed by atoms with Crippen molar-refractivity contribution in [1.29, 1.82) is 0 Å². The molecule has 0 radical (unpaired) electrons. The van der Waals surface area contributed by atoms with Crippen molar-refractivity contribution in [3.05, 3.63) is 29.8 Å². The van der Waals surface area contributed by atoms with Gasteiger partial charge in [0, 0.05) is 5.56 Å². The Hall–Kier alpha value is -1.55. The summed E-state index contributed by atoms with van der Waals surface area (Å²) in [5.74, 6) is 5.22. The van der Waals surface area contributed by atoms with Crippen LogP contribution < -0.4 is 16.0 Å². The standard InChI is InChI=1S/C10H14N2O2/c1-7(10(13)12-11)8-5-3-4-6-9(8)14-2/h3-7H,11H2,1-2H3,(H,12,13). The summed E-state index contributed by atoms with van der Waals surface area (Å²) in [4.78, 5) is 11.3. The number of hydrogen-bond acceptors (Lipinski definition) is 3. The van der Waals surface area contributed by atoms with Crippen molar-refractivity contribution in [2.24, 2.45) is 5.84 Å². The predicted octanol–water partition coefficient (Wildman–Crippen LogP) is 0.789. The lowest BCUT2D eigenvalue weighted by molar-refractivity contribution is -0.122. The first-order valence-corrected chi connectivity index (χ1v) is 4.34. The predicted molar refractivity (Wildman–Crippen MR) is 53.7 cm³/mol. The summed E-state index contributed by atoms with van der Waals surface area (Å²) < 4.78 is 5.14. The normalized spacial score (nSPS) is 11.9. The maximum atomic E-state index is 11.3. The molecule has 1 unspecified atom stereocenters. The van der Waals surface area contributed by atoms with Gasteiger partial charge in [0.05, 0.1) is 13.0 Å². The summed E-state index contributed by atoms with van der Waals surface area (Å²) in [6, 6.07) is 7.38. The minimum absolute atomic E-state index is 0.227. The van der Waals surface area contributed by atoms with Gasteiger partial charge in [-0.25, -0.2) is 5.84 Å². The minimum atomic E-state index is -0.309. The highest BCUT2D eigenvalue weighted by molar-refractivity contribution is 5.83. The van der Waals surface area contributed by atoms with Crippen molar-refractivity contribution in [1.82, 2.24) is 5.43 Å². The molecule has 0 aliphatic rings. The summed E-state index contributed by atoms with van der Waals surface area (Å²) >= 11 is 0. The minimum Gasteiger partial charge on any atom is -0.496 e. The average molecular weight is 194 g/mol. The Kier molecular flexibility index (Phi) is 3.48. The van der Waals surface area contributed by atoms with Crippen molar-refractivity contribution < 1.29 is 9.53 Å². The molecular weight excluding hydrogens is 180 g/mol. The van der Waals surface area contributed by atoms with Gasteiger partial charge in [-0.2, -0.15) is 0 Å². The van der Waals surface area contributed by atoms with E-state index in [0.717, 1.165) is 5.56 Å². The molecule has 3 N–H and O–H groups in total. The van der Waals surface area contributed by atoms with Crippen molar-refractivity contribution in [2.75, 3.05) is 7.11 Å². The molecule has 14 heavy (non-hydrogen) atoms. The van der Waals surface area contributed by atoms with E-state index in [1.54, 1.807) is 14.0 Å². The molecule has 1 aromatic rings. The molecule has 0 fully saturated rings. The number of methoxy groups -OCH3 is 1. The summed E-state index contributed by atoms with van der Waals surface area (Å²) in [5, 5.41) is 0. The smallest absolute Gasteiger partial charge is 0.241 e. The molecule has 0 aliphatic carbocycles. The third-order valence-corrected chi connectivity index (χ3v) is 2.14. The molecule has 1 aromatic carbocycles. The van der Waals surface area contributed by atoms with E-state index >= 15 is 0 Å². The quantitative estimate of drug-likeness (QED) is 0.425. The van der Waals surface area contributed by atoms with Crippen LogP contribution in [-0.4, -0.2) is 13.0 Å². The van der Waals surface area contributed by atoms with Crippen LogP contribution in [0.3, 0.4) is 0 Å². The molecule has 0 saturated carbocycles. The lowest BCUT2D eigenvalue weighted by Gasteiger charge is -2.13. The highest BCUT2D eigenvalue weighted by Gasteiger charge is 2.17. The maximum absolute atomic E-state index is 11.3. The molecule has 4 heteroatoms. The van der Waals surface area contributed by atoms with Gasteiger partial charge >= 0.3 is 0 Å². The van der Waals surface area contributed by atoms with Crippen LogP contribution in [0.5, 0.6) is 5.75 Å². The number of para-hydroxylation sites is 1. The second kappa shape index (κ2) is 4.62. The Morgan fingerprint density at radius 1 is 1.50 bits per heavy atom. The molecule has 76 valence electrons. The van der Waals surface area contributed by atoms with Crippen molar-refractivity contribution in [3.63, 3.8) is 0 Å². The number of rotatable bonds is 3. The molecular formula is C10H14N2O2. The second-order valence-corrected chi connectivity index (χ2v) is 2.97. The van der Waals surface area contributed by atoms with E-state index in [4.69, 9.17) is 10.6 Å². The zero-order valence-corrected chi connectivity index (χ0v) is 8.28. The van der Waals surface area contributed by atoms with Crippen molar-refractivity contribution in [3.8, 4) is 5.75 Å². The number of carbonyl (C=O) groups excluding carboxylic acids is 1. The molecule has 0 heterocycles. The van der Waals surface area contributed by atoms with Gasteiger partial charge in [0.15, 0.2) is 0 Å². The van der Waals surface area contributed by atoms with Gasteiger partial charge in [-0.05, 0) is 13.0 Å². The van der Waals surface area contributed by atoms with Crippen LogP contribution in [0.2, 0.25) is 0 Å².